The number of carbonyl (C=O) groups is 3. The minimum Gasteiger partial charge on any atom is -1.00 e. The molecule has 0 saturated heterocycles. The largest absolute Gasteiger partial charge is 1.00 e. The maximum Gasteiger partial charge on any atom is 0.358 e. The molecule has 0 bridgehead atoms. The number of Topliss-reactive ketones (excluding diaryl/α,β-unsaturated/α-hetero) is 1. The first-order valence-electron chi connectivity index (χ1n) is 6.80. The summed E-state index contributed by atoms with van der Waals surface area (Å²) in [6.07, 6.45) is 3.41. The Labute approximate surface area is 140 Å². The standard InChI is InChI=1S/C15H20NO5.BrH/c1-4-15(21-12(3)17,14(19)20-5-2)13(18)11-16-9-7-6-8-10-16;/h6-10H,4-5,11H2,1-3H3;1H/q+1;/p-1. The van der Waals surface area contributed by atoms with Gasteiger partial charge in [0.2, 0.25) is 6.54 Å². The lowest BCUT2D eigenvalue weighted by molar-refractivity contribution is -0.684. The van der Waals surface area contributed by atoms with Gasteiger partial charge in [0.25, 0.3) is 11.4 Å². The SMILES string of the molecule is CCOC(=O)C(CC)(OC(C)=O)C(=O)C[n+]1ccccc1.[Br-]. The van der Waals surface area contributed by atoms with Gasteiger partial charge < -0.3 is 26.5 Å². The van der Waals surface area contributed by atoms with Gasteiger partial charge in [-0.25, -0.2) is 4.79 Å². The van der Waals surface area contributed by atoms with Gasteiger partial charge in [0, 0.05) is 25.5 Å². The molecule has 1 rings (SSSR count). The molecular weight excluding hydrogens is 354 g/mol. The lowest BCUT2D eigenvalue weighted by Gasteiger charge is -2.26. The van der Waals surface area contributed by atoms with Crippen molar-refractivity contribution in [2.45, 2.75) is 39.3 Å². The molecule has 0 radical (unpaired) electrons. The quantitative estimate of drug-likeness (QED) is 0.308. The summed E-state index contributed by atoms with van der Waals surface area (Å²) in [5, 5.41) is 0. The van der Waals surface area contributed by atoms with Gasteiger partial charge in [0.15, 0.2) is 12.4 Å². The van der Waals surface area contributed by atoms with Crippen molar-refractivity contribution in [1.82, 2.24) is 0 Å². The van der Waals surface area contributed by atoms with Crippen molar-refractivity contribution in [3.8, 4) is 0 Å². The van der Waals surface area contributed by atoms with E-state index in [1.54, 1.807) is 42.9 Å². The summed E-state index contributed by atoms with van der Waals surface area (Å²) in [7, 11) is 0. The van der Waals surface area contributed by atoms with E-state index in [1.165, 1.54) is 0 Å². The topological polar surface area (TPSA) is 73.5 Å². The molecule has 0 spiro atoms. The first-order chi connectivity index (χ1) is 9.96. The predicted octanol–water partition coefficient (Wildman–Crippen LogP) is -2.18. The van der Waals surface area contributed by atoms with Gasteiger partial charge in [-0.05, 0) is 6.92 Å². The third kappa shape index (κ3) is 4.91. The molecule has 1 atom stereocenters. The first-order valence-corrected chi connectivity index (χ1v) is 6.80. The van der Waals surface area contributed by atoms with Crippen LogP contribution in [0.2, 0.25) is 0 Å². The van der Waals surface area contributed by atoms with Gasteiger partial charge in [-0.15, -0.1) is 0 Å². The minimum absolute atomic E-state index is 0. The van der Waals surface area contributed by atoms with Crippen LogP contribution in [-0.2, 0) is 30.4 Å². The summed E-state index contributed by atoms with van der Waals surface area (Å²) in [5.74, 6) is -2.05. The Hall–Kier alpha value is -1.76. The smallest absolute Gasteiger partial charge is 0.358 e. The predicted molar refractivity (Wildman–Crippen MR) is 73.1 cm³/mol. The van der Waals surface area contributed by atoms with E-state index < -0.39 is 23.3 Å². The van der Waals surface area contributed by atoms with E-state index in [9.17, 15) is 14.4 Å². The molecular formula is C15H20BrNO5. The van der Waals surface area contributed by atoms with Crippen molar-refractivity contribution in [2.24, 2.45) is 0 Å². The minimum atomic E-state index is -1.88. The Kier molecular flexibility index (Phi) is 8.55. The van der Waals surface area contributed by atoms with E-state index in [-0.39, 0.29) is 36.6 Å². The third-order valence-corrected chi connectivity index (χ3v) is 2.97. The number of hydrogen-bond acceptors (Lipinski definition) is 5. The Bertz CT molecular complexity index is 520. The highest BCUT2D eigenvalue weighted by Crippen LogP contribution is 2.20. The number of ether oxygens (including phenoxy) is 2. The molecule has 1 aromatic heterocycles. The molecule has 6 nitrogen and oxygen atoms in total. The van der Waals surface area contributed by atoms with Crippen molar-refractivity contribution in [3.05, 3.63) is 30.6 Å². The lowest BCUT2D eigenvalue weighted by Crippen LogP contribution is -3.00. The van der Waals surface area contributed by atoms with Crippen LogP contribution in [0.25, 0.3) is 0 Å². The summed E-state index contributed by atoms with van der Waals surface area (Å²) in [5.41, 5.74) is -1.88. The molecule has 0 saturated carbocycles. The van der Waals surface area contributed by atoms with Gasteiger partial charge in [0.05, 0.1) is 6.61 Å². The second-order valence-electron chi connectivity index (χ2n) is 4.47. The zero-order valence-corrected chi connectivity index (χ0v) is 14.5. The molecule has 1 unspecified atom stereocenters. The lowest BCUT2D eigenvalue weighted by atomic mass is 9.94. The molecule has 1 heterocycles. The average molecular weight is 374 g/mol. The first kappa shape index (κ1) is 20.2. The molecule has 22 heavy (non-hydrogen) atoms. The van der Waals surface area contributed by atoms with Crippen molar-refractivity contribution in [3.63, 3.8) is 0 Å². The molecule has 122 valence electrons. The van der Waals surface area contributed by atoms with Crippen molar-refractivity contribution in [1.29, 1.82) is 0 Å². The highest BCUT2D eigenvalue weighted by Gasteiger charge is 2.50. The van der Waals surface area contributed by atoms with Crippen molar-refractivity contribution < 1.29 is 45.4 Å². The van der Waals surface area contributed by atoms with Crippen LogP contribution in [0.1, 0.15) is 27.2 Å². The molecule has 0 aliphatic heterocycles. The normalized spacial score (nSPS) is 12.5. The van der Waals surface area contributed by atoms with E-state index in [0.29, 0.717) is 0 Å². The maximum absolute atomic E-state index is 12.5. The highest BCUT2D eigenvalue weighted by atomic mass is 79.9. The van der Waals surface area contributed by atoms with Gasteiger partial charge in [-0.2, -0.15) is 4.57 Å². The van der Waals surface area contributed by atoms with E-state index in [1.807, 2.05) is 6.07 Å². The van der Waals surface area contributed by atoms with Crippen LogP contribution in [0.5, 0.6) is 0 Å². The monoisotopic (exact) mass is 373 g/mol. The Morgan fingerprint density at radius 2 is 1.68 bits per heavy atom. The van der Waals surface area contributed by atoms with E-state index in [0.717, 1.165) is 6.92 Å². The molecule has 7 heteroatoms. The molecule has 1 aromatic rings. The number of pyridine rings is 1. The van der Waals surface area contributed by atoms with Crippen LogP contribution in [0.4, 0.5) is 0 Å². The molecule has 0 aliphatic rings. The third-order valence-electron chi connectivity index (χ3n) is 2.97. The summed E-state index contributed by atoms with van der Waals surface area (Å²) >= 11 is 0. The van der Waals surface area contributed by atoms with Crippen molar-refractivity contribution >= 4 is 17.7 Å². The van der Waals surface area contributed by atoms with Gasteiger partial charge in [0.1, 0.15) is 0 Å². The van der Waals surface area contributed by atoms with Gasteiger partial charge >= 0.3 is 11.9 Å². The molecule has 0 aliphatic carbocycles. The fraction of sp³-hybridized carbons (Fsp3) is 0.467. The summed E-state index contributed by atoms with van der Waals surface area (Å²) in [6.45, 7) is 4.41. The van der Waals surface area contributed by atoms with Crippen LogP contribution >= 0.6 is 0 Å². The average Bonchev–Trinajstić information content (AvgIpc) is 2.45. The fourth-order valence-corrected chi connectivity index (χ4v) is 1.95. The zero-order chi connectivity index (χ0) is 15.9. The Morgan fingerprint density at radius 1 is 1.09 bits per heavy atom. The molecule has 0 aromatic carbocycles. The van der Waals surface area contributed by atoms with Crippen molar-refractivity contribution in [2.75, 3.05) is 6.61 Å². The number of carbonyl (C=O) groups excluding carboxylic acids is 3. The number of aromatic nitrogens is 1. The summed E-state index contributed by atoms with van der Waals surface area (Å²) < 4.78 is 11.6. The Balaban J connectivity index is 0.00000441. The molecule has 0 fully saturated rings. The Morgan fingerprint density at radius 3 is 2.14 bits per heavy atom. The summed E-state index contributed by atoms with van der Waals surface area (Å²) in [6, 6.07) is 5.33. The van der Waals surface area contributed by atoms with Crippen LogP contribution in [0.15, 0.2) is 30.6 Å². The second-order valence-corrected chi connectivity index (χ2v) is 4.47. The number of rotatable bonds is 7. The maximum atomic E-state index is 12.5. The molecule has 0 N–H and O–H groups in total. The summed E-state index contributed by atoms with van der Waals surface area (Å²) in [4.78, 5) is 35.9. The van der Waals surface area contributed by atoms with E-state index >= 15 is 0 Å². The van der Waals surface area contributed by atoms with Crippen LogP contribution < -0.4 is 21.5 Å². The van der Waals surface area contributed by atoms with Crippen LogP contribution in [-0.4, -0.2) is 29.9 Å². The number of nitrogens with zero attached hydrogens (tertiary/aromatic N) is 1. The fourth-order valence-electron chi connectivity index (χ4n) is 1.95. The number of hydrogen-bond donors (Lipinski definition) is 0. The van der Waals surface area contributed by atoms with Crippen LogP contribution in [0, 0.1) is 0 Å². The van der Waals surface area contributed by atoms with E-state index in [2.05, 4.69) is 0 Å². The zero-order valence-electron chi connectivity index (χ0n) is 12.9. The molecule has 0 amide bonds. The highest BCUT2D eigenvalue weighted by molar-refractivity contribution is 6.08. The second kappa shape index (κ2) is 9.30. The van der Waals surface area contributed by atoms with E-state index in [4.69, 9.17) is 9.47 Å². The van der Waals surface area contributed by atoms with Crippen LogP contribution in [0.3, 0.4) is 0 Å². The number of ketones is 1. The number of halogens is 1. The van der Waals surface area contributed by atoms with Gasteiger partial charge in [-0.1, -0.05) is 13.0 Å². The number of esters is 2. The van der Waals surface area contributed by atoms with Gasteiger partial charge in [-0.3, -0.25) is 9.59 Å².